The first-order valence-electron chi connectivity index (χ1n) is 9.19. The van der Waals surface area contributed by atoms with Crippen molar-refractivity contribution in [2.75, 3.05) is 54.0 Å². The Labute approximate surface area is 178 Å². The van der Waals surface area contributed by atoms with E-state index in [-0.39, 0.29) is 54.7 Å². The summed E-state index contributed by atoms with van der Waals surface area (Å²) in [5.41, 5.74) is 0. The molecule has 0 spiro atoms. The number of amides is 2. The number of hydrogen-bond acceptors (Lipinski definition) is 5. The largest absolute Gasteiger partial charge is 0.453 e. The Morgan fingerprint density at radius 2 is 1.96 bits per heavy atom. The first-order chi connectivity index (χ1) is 12.5. The van der Waals surface area contributed by atoms with Crippen LogP contribution < -0.4 is 10.6 Å². The van der Waals surface area contributed by atoms with Gasteiger partial charge in [0, 0.05) is 46.4 Å². The quantitative estimate of drug-likeness (QED) is 0.329. The van der Waals surface area contributed by atoms with Crippen molar-refractivity contribution in [1.29, 1.82) is 0 Å². The molecule has 2 fully saturated rings. The van der Waals surface area contributed by atoms with Crippen molar-refractivity contribution in [3.63, 3.8) is 0 Å². The van der Waals surface area contributed by atoms with E-state index in [2.05, 4.69) is 15.6 Å². The third kappa shape index (κ3) is 8.08. The van der Waals surface area contributed by atoms with Crippen molar-refractivity contribution in [2.24, 2.45) is 4.99 Å². The molecule has 0 saturated carbocycles. The normalized spacial score (nSPS) is 20.6. The van der Waals surface area contributed by atoms with Gasteiger partial charge in [0.25, 0.3) is 0 Å². The second-order valence-electron chi connectivity index (χ2n) is 6.84. The summed E-state index contributed by atoms with van der Waals surface area (Å²) in [6.07, 6.45) is 3.62. The van der Waals surface area contributed by atoms with E-state index in [0.717, 1.165) is 32.3 Å². The maximum Gasteiger partial charge on any atom is 0.409 e. The number of hydrogen-bond donors (Lipinski definition) is 2. The minimum absolute atomic E-state index is 0. The molecule has 0 aromatic heterocycles. The molecule has 1 unspecified atom stereocenters. The molecule has 0 radical (unpaired) electrons. The van der Waals surface area contributed by atoms with E-state index >= 15 is 0 Å². The van der Waals surface area contributed by atoms with Gasteiger partial charge >= 0.3 is 6.09 Å². The Morgan fingerprint density at radius 3 is 2.52 bits per heavy atom. The van der Waals surface area contributed by atoms with Crippen LogP contribution in [0.4, 0.5) is 4.79 Å². The molecule has 2 rings (SSSR count). The first kappa shape index (κ1) is 23.7. The van der Waals surface area contributed by atoms with Crippen molar-refractivity contribution in [3.05, 3.63) is 0 Å². The van der Waals surface area contributed by atoms with Gasteiger partial charge in [-0.25, -0.2) is 9.79 Å². The number of carbonyl (C=O) groups excluding carboxylic acids is 2. The van der Waals surface area contributed by atoms with Gasteiger partial charge < -0.3 is 29.9 Å². The molecular formula is C17H32IN5O4. The third-order valence-corrected chi connectivity index (χ3v) is 4.66. The molecule has 27 heavy (non-hydrogen) atoms. The van der Waals surface area contributed by atoms with Crippen LogP contribution in [0.5, 0.6) is 0 Å². The molecule has 10 heteroatoms. The zero-order chi connectivity index (χ0) is 18.9. The van der Waals surface area contributed by atoms with Gasteiger partial charge in [-0.1, -0.05) is 0 Å². The van der Waals surface area contributed by atoms with Crippen LogP contribution in [0.1, 0.15) is 25.7 Å². The molecular weight excluding hydrogens is 465 g/mol. The van der Waals surface area contributed by atoms with E-state index < -0.39 is 0 Å². The summed E-state index contributed by atoms with van der Waals surface area (Å²) in [7, 11) is 4.83. The SMILES string of the molecule is COC(=O)N1CCC(NC(=NCC(=O)N(C)C)NCC2CCCO2)CC1.I. The lowest BCUT2D eigenvalue weighted by molar-refractivity contribution is -0.127. The summed E-state index contributed by atoms with van der Waals surface area (Å²) < 4.78 is 10.4. The standard InChI is InChI=1S/C17H31N5O4.HI/c1-21(2)15(23)12-19-16(18-11-14-5-4-10-26-14)20-13-6-8-22(9-7-13)17(24)25-3;/h13-14H,4-12H2,1-3H3,(H2,18,19,20);1H. The molecule has 2 heterocycles. The van der Waals surface area contributed by atoms with Crippen molar-refractivity contribution in [3.8, 4) is 0 Å². The number of nitrogens with one attached hydrogen (secondary N) is 2. The fourth-order valence-corrected chi connectivity index (χ4v) is 2.99. The second-order valence-corrected chi connectivity index (χ2v) is 6.84. The Morgan fingerprint density at radius 1 is 1.26 bits per heavy atom. The van der Waals surface area contributed by atoms with E-state index in [0.29, 0.717) is 25.6 Å². The number of rotatable bonds is 5. The lowest BCUT2D eigenvalue weighted by Gasteiger charge is -2.32. The van der Waals surface area contributed by atoms with E-state index in [1.54, 1.807) is 19.0 Å². The van der Waals surface area contributed by atoms with E-state index in [4.69, 9.17) is 9.47 Å². The van der Waals surface area contributed by atoms with Crippen molar-refractivity contribution in [2.45, 2.75) is 37.8 Å². The van der Waals surface area contributed by atoms with E-state index in [1.165, 1.54) is 12.0 Å². The number of nitrogens with zero attached hydrogens (tertiary/aromatic N) is 3. The predicted octanol–water partition coefficient (Wildman–Crippen LogP) is 0.638. The van der Waals surface area contributed by atoms with E-state index in [1.807, 2.05) is 0 Å². The van der Waals surface area contributed by atoms with Crippen LogP contribution in [0.3, 0.4) is 0 Å². The summed E-state index contributed by atoms with van der Waals surface area (Å²) in [5, 5.41) is 6.67. The number of methoxy groups -OCH3 is 1. The topological polar surface area (TPSA) is 95.5 Å². The highest BCUT2D eigenvalue weighted by Crippen LogP contribution is 2.12. The fraction of sp³-hybridized carbons (Fsp3) is 0.824. The van der Waals surface area contributed by atoms with Crippen LogP contribution in [0.25, 0.3) is 0 Å². The van der Waals surface area contributed by atoms with Crippen molar-refractivity contribution >= 4 is 41.9 Å². The number of aliphatic imine (C=N–C) groups is 1. The molecule has 0 aromatic rings. The summed E-state index contributed by atoms with van der Waals surface area (Å²) in [6.45, 7) is 2.84. The maximum absolute atomic E-state index is 11.8. The molecule has 2 amide bonds. The Bertz CT molecular complexity index is 504. The maximum atomic E-state index is 11.8. The number of carbonyl (C=O) groups is 2. The van der Waals surface area contributed by atoms with Gasteiger partial charge in [-0.15, -0.1) is 24.0 Å². The van der Waals surface area contributed by atoms with Crippen LogP contribution in [0, 0.1) is 0 Å². The Kier molecular flexibility index (Phi) is 10.7. The molecule has 0 aliphatic carbocycles. The van der Waals surface area contributed by atoms with Gasteiger partial charge in [-0.05, 0) is 25.7 Å². The molecule has 156 valence electrons. The van der Waals surface area contributed by atoms with Crippen molar-refractivity contribution in [1.82, 2.24) is 20.4 Å². The molecule has 1 atom stereocenters. The number of guanidine groups is 1. The first-order valence-corrected chi connectivity index (χ1v) is 9.19. The van der Waals surface area contributed by atoms with Gasteiger partial charge in [0.1, 0.15) is 6.54 Å². The number of halogens is 1. The summed E-state index contributed by atoms with van der Waals surface area (Å²) in [4.78, 5) is 31.0. The van der Waals surface area contributed by atoms with Gasteiger partial charge in [-0.2, -0.15) is 0 Å². The summed E-state index contributed by atoms with van der Waals surface area (Å²) >= 11 is 0. The fourth-order valence-electron chi connectivity index (χ4n) is 2.99. The number of ether oxygens (including phenoxy) is 2. The zero-order valence-corrected chi connectivity index (χ0v) is 18.7. The van der Waals surface area contributed by atoms with E-state index in [9.17, 15) is 9.59 Å². The van der Waals surface area contributed by atoms with Gasteiger partial charge in [0.05, 0.1) is 13.2 Å². The Balaban J connectivity index is 0.00000364. The highest BCUT2D eigenvalue weighted by atomic mass is 127. The Hall–Kier alpha value is -1.30. The van der Waals surface area contributed by atoms with Crippen LogP contribution in [0.2, 0.25) is 0 Å². The number of likely N-dealkylation sites (N-methyl/N-ethyl adjacent to an activating group) is 1. The number of likely N-dealkylation sites (tertiary alicyclic amines) is 1. The smallest absolute Gasteiger partial charge is 0.409 e. The molecule has 0 aromatic carbocycles. The van der Waals surface area contributed by atoms with Crippen LogP contribution in [-0.4, -0.2) is 93.9 Å². The number of piperidine rings is 1. The average Bonchev–Trinajstić information content (AvgIpc) is 3.17. The summed E-state index contributed by atoms with van der Waals surface area (Å²) in [6, 6.07) is 0.195. The van der Waals surface area contributed by atoms with Crippen LogP contribution >= 0.6 is 24.0 Å². The summed E-state index contributed by atoms with van der Waals surface area (Å²) in [5.74, 6) is 0.566. The third-order valence-electron chi connectivity index (χ3n) is 4.66. The van der Waals surface area contributed by atoms with Crippen molar-refractivity contribution < 1.29 is 19.1 Å². The monoisotopic (exact) mass is 497 g/mol. The molecule has 2 saturated heterocycles. The minimum atomic E-state index is -0.287. The highest BCUT2D eigenvalue weighted by molar-refractivity contribution is 14.0. The minimum Gasteiger partial charge on any atom is -0.453 e. The predicted molar refractivity (Wildman–Crippen MR) is 114 cm³/mol. The molecule has 0 bridgehead atoms. The molecule has 2 N–H and O–H groups in total. The van der Waals surface area contributed by atoms with Crippen LogP contribution in [0.15, 0.2) is 4.99 Å². The van der Waals surface area contributed by atoms with Gasteiger partial charge in [-0.3, -0.25) is 4.79 Å². The van der Waals surface area contributed by atoms with Gasteiger partial charge in [0.2, 0.25) is 5.91 Å². The lowest BCUT2D eigenvalue weighted by atomic mass is 10.1. The highest BCUT2D eigenvalue weighted by Gasteiger charge is 2.24. The lowest BCUT2D eigenvalue weighted by Crippen LogP contribution is -2.51. The second kappa shape index (κ2) is 12.2. The van der Waals surface area contributed by atoms with Gasteiger partial charge in [0.15, 0.2) is 5.96 Å². The molecule has 9 nitrogen and oxygen atoms in total. The molecule has 2 aliphatic rings. The van der Waals surface area contributed by atoms with Crippen LogP contribution in [-0.2, 0) is 14.3 Å². The average molecular weight is 497 g/mol. The molecule has 2 aliphatic heterocycles. The zero-order valence-electron chi connectivity index (χ0n) is 16.4.